The first-order valence-electron chi connectivity index (χ1n) is 12.5. The molecular formula is C29H29F3N4O. The lowest BCUT2D eigenvalue weighted by molar-refractivity contribution is -0.142. The molecule has 1 aliphatic carbocycles. The van der Waals surface area contributed by atoms with E-state index in [4.69, 9.17) is 5.10 Å². The van der Waals surface area contributed by atoms with Crippen molar-refractivity contribution in [3.8, 4) is 0 Å². The fourth-order valence-electron chi connectivity index (χ4n) is 5.18. The van der Waals surface area contributed by atoms with Crippen LogP contribution in [0.1, 0.15) is 58.9 Å². The summed E-state index contributed by atoms with van der Waals surface area (Å²) in [6.45, 7) is 5.25. The summed E-state index contributed by atoms with van der Waals surface area (Å²) in [6.07, 6.45) is 0.281. The summed E-state index contributed by atoms with van der Waals surface area (Å²) in [5.74, 6) is -0.372. The van der Waals surface area contributed by atoms with Crippen molar-refractivity contribution in [3.05, 3.63) is 93.8 Å². The van der Waals surface area contributed by atoms with Crippen LogP contribution in [0.4, 0.5) is 13.2 Å². The molecule has 8 heteroatoms. The van der Waals surface area contributed by atoms with Crippen LogP contribution in [0.3, 0.4) is 0 Å². The van der Waals surface area contributed by atoms with Crippen molar-refractivity contribution in [2.45, 2.75) is 58.8 Å². The van der Waals surface area contributed by atoms with E-state index in [9.17, 15) is 18.0 Å². The number of fused-ring (bicyclic) bond motifs is 1. The fourth-order valence-corrected chi connectivity index (χ4v) is 5.18. The van der Waals surface area contributed by atoms with Crippen molar-refractivity contribution < 1.29 is 18.0 Å². The van der Waals surface area contributed by atoms with E-state index in [2.05, 4.69) is 35.4 Å². The molecule has 2 atom stereocenters. The number of benzene rings is 2. The van der Waals surface area contributed by atoms with E-state index >= 15 is 0 Å². The molecule has 0 unspecified atom stereocenters. The maximum absolute atomic E-state index is 13.6. The molecule has 0 radical (unpaired) electrons. The molecule has 0 bridgehead atoms. The zero-order valence-electron chi connectivity index (χ0n) is 21.1. The molecule has 1 fully saturated rings. The Morgan fingerprint density at radius 3 is 2.30 bits per heavy atom. The van der Waals surface area contributed by atoms with Crippen molar-refractivity contribution in [2.75, 3.05) is 0 Å². The van der Waals surface area contributed by atoms with Gasteiger partial charge in [0, 0.05) is 11.6 Å². The number of aryl methyl sites for hydroxylation is 3. The number of carbonyl (C=O) groups is 1. The van der Waals surface area contributed by atoms with Gasteiger partial charge < -0.3 is 0 Å². The second kappa shape index (κ2) is 9.65. The molecule has 1 aliphatic heterocycles. The molecule has 1 aromatic heterocycles. The van der Waals surface area contributed by atoms with Gasteiger partial charge in [0.05, 0.1) is 11.8 Å². The van der Waals surface area contributed by atoms with Crippen LogP contribution in [0.5, 0.6) is 0 Å². The van der Waals surface area contributed by atoms with E-state index in [1.807, 2.05) is 38.1 Å². The second-order valence-electron chi connectivity index (χ2n) is 9.98. The summed E-state index contributed by atoms with van der Waals surface area (Å²) >= 11 is 0. The van der Waals surface area contributed by atoms with Gasteiger partial charge in [0.1, 0.15) is 6.54 Å². The van der Waals surface area contributed by atoms with Crippen LogP contribution >= 0.6 is 0 Å². The normalized spacial score (nSPS) is 20.8. The highest BCUT2D eigenvalue weighted by Gasteiger charge is 2.44. The SMILES string of the molecule is Cc1ccc(/C=C2\CCC[C@@H]3C2=NN(C(=O)Cn2nc(C(F)(F)F)cc2C)[C@@H]3c2ccc(C)cc2)cc1. The lowest BCUT2D eigenvalue weighted by atomic mass is 9.77. The number of hydrogen-bond acceptors (Lipinski definition) is 3. The smallest absolute Gasteiger partial charge is 0.271 e. The second-order valence-corrected chi connectivity index (χ2v) is 9.98. The van der Waals surface area contributed by atoms with Crippen LogP contribution in [0.25, 0.3) is 6.08 Å². The number of halogens is 3. The number of allylic oxidation sites excluding steroid dienone is 1. The molecule has 1 amide bonds. The van der Waals surface area contributed by atoms with Gasteiger partial charge in [-0.3, -0.25) is 9.48 Å². The minimum atomic E-state index is -4.57. The Kier molecular flexibility index (Phi) is 6.52. The number of nitrogens with zero attached hydrogens (tertiary/aromatic N) is 4. The molecule has 5 nitrogen and oxygen atoms in total. The van der Waals surface area contributed by atoms with Crippen LogP contribution in [0, 0.1) is 26.7 Å². The minimum Gasteiger partial charge on any atom is -0.271 e. The highest BCUT2D eigenvalue weighted by molar-refractivity contribution is 6.08. The predicted molar refractivity (Wildman–Crippen MR) is 137 cm³/mol. The van der Waals surface area contributed by atoms with Gasteiger partial charge in [0.25, 0.3) is 5.91 Å². The third-order valence-electron chi connectivity index (χ3n) is 7.15. The molecule has 3 aromatic rings. The molecule has 0 N–H and O–H groups in total. The monoisotopic (exact) mass is 506 g/mol. The van der Waals surface area contributed by atoms with Crippen LogP contribution in [0.2, 0.25) is 0 Å². The number of hydrogen-bond donors (Lipinski definition) is 0. The Morgan fingerprint density at radius 2 is 1.68 bits per heavy atom. The first-order valence-corrected chi connectivity index (χ1v) is 12.5. The van der Waals surface area contributed by atoms with Crippen molar-refractivity contribution in [2.24, 2.45) is 11.0 Å². The Morgan fingerprint density at radius 1 is 1.03 bits per heavy atom. The van der Waals surface area contributed by atoms with Gasteiger partial charge in [0.15, 0.2) is 5.69 Å². The van der Waals surface area contributed by atoms with Gasteiger partial charge in [-0.05, 0) is 68.9 Å². The molecule has 192 valence electrons. The topological polar surface area (TPSA) is 50.5 Å². The van der Waals surface area contributed by atoms with E-state index in [0.29, 0.717) is 0 Å². The number of hydrazone groups is 1. The first-order chi connectivity index (χ1) is 17.6. The van der Waals surface area contributed by atoms with Crippen molar-refractivity contribution >= 4 is 17.7 Å². The summed E-state index contributed by atoms with van der Waals surface area (Å²) in [6, 6.07) is 17.0. The van der Waals surface area contributed by atoms with E-state index in [-0.39, 0.29) is 30.1 Å². The van der Waals surface area contributed by atoms with E-state index in [0.717, 1.165) is 58.0 Å². The largest absolute Gasteiger partial charge is 0.435 e. The highest BCUT2D eigenvalue weighted by atomic mass is 19.4. The number of alkyl halides is 3. The lowest BCUT2D eigenvalue weighted by Gasteiger charge is -2.29. The Hall–Kier alpha value is -3.68. The van der Waals surface area contributed by atoms with Crippen molar-refractivity contribution in [3.63, 3.8) is 0 Å². The maximum atomic E-state index is 13.6. The molecule has 2 aliphatic rings. The van der Waals surface area contributed by atoms with Crippen LogP contribution in [-0.4, -0.2) is 26.4 Å². The summed E-state index contributed by atoms with van der Waals surface area (Å²) in [7, 11) is 0. The van der Waals surface area contributed by atoms with Gasteiger partial charge in [-0.25, -0.2) is 5.01 Å². The summed E-state index contributed by atoms with van der Waals surface area (Å²) in [5.41, 5.74) is 5.59. The van der Waals surface area contributed by atoms with Crippen LogP contribution < -0.4 is 0 Å². The maximum Gasteiger partial charge on any atom is 0.435 e. The summed E-state index contributed by atoms with van der Waals surface area (Å²) in [4.78, 5) is 13.6. The number of rotatable bonds is 4. The van der Waals surface area contributed by atoms with E-state index in [1.54, 1.807) is 0 Å². The Labute approximate surface area is 214 Å². The molecule has 2 aromatic carbocycles. The third kappa shape index (κ3) is 5.10. The van der Waals surface area contributed by atoms with Gasteiger partial charge in [-0.2, -0.15) is 23.4 Å². The van der Waals surface area contributed by atoms with Crippen LogP contribution in [0.15, 0.2) is 65.3 Å². The lowest BCUT2D eigenvalue weighted by Crippen LogP contribution is -2.34. The van der Waals surface area contributed by atoms with Gasteiger partial charge >= 0.3 is 6.18 Å². The molecule has 0 saturated heterocycles. The van der Waals surface area contributed by atoms with E-state index in [1.165, 1.54) is 17.5 Å². The van der Waals surface area contributed by atoms with Gasteiger partial charge in [0.2, 0.25) is 0 Å². The Balaban J connectivity index is 1.51. The number of aromatic nitrogens is 2. The molecule has 5 rings (SSSR count). The van der Waals surface area contributed by atoms with Crippen LogP contribution in [-0.2, 0) is 17.5 Å². The zero-order valence-corrected chi connectivity index (χ0v) is 21.1. The zero-order chi connectivity index (χ0) is 26.3. The minimum absolute atomic E-state index is 0.0153. The third-order valence-corrected chi connectivity index (χ3v) is 7.15. The quantitative estimate of drug-likeness (QED) is 0.398. The fraction of sp³-hybridized carbons (Fsp3) is 0.345. The van der Waals surface area contributed by atoms with Gasteiger partial charge in [-0.15, -0.1) is 0 Å². The number of carbonyl (C=O) groups excluding carboxylic acids is 1. The summed E-state index contributed by atoms with van der Waals surface area (Å²) in [5, 5.41) is 9.97. The highest BCUT2D eigenvalue weighted by Crippen LogP contribution is 2.44. The van der Waals surface area contributed by atoms with Crippen molar-refractivity contribution in [1.29, 1.82) is 0 Å². The molecular weight excluding hydrogens is 477 g/mol. The Bertz CT molecular complexity index is 1370. The average molecular weight is 507 g/mol. The molecule has 1 saturated carbocycles. The first kappa shape index (κ1) is 25.0. The van der Waals surface area contributed by atoms with Gasteiger partial charge in [-0.1, -0.05) is 59.7 Å². The standard InChI is InChI=1S/C29H29F3N4O/c1-18-7-11-21(12-8-18)16-23-5-4-6-24-27(23)34-36(28(24)22-13-9-19(2)10-14-22)26(37)17-35-20(3)15-25(33-35)29(30,31)32/h7-16,24,28H,4-6,17H2,1-3H3/b23-16+/t24-,28-/m1/s1. The number of amides is 1. The molecule has 0 spiro atoms. The molecule has 2 heterocycles. The van der Waals surface area contributed by atoms with E-state index < -0.39 is 11.9 Å². The predicted octanol–water partition coefficient (Wildman–Crippen LogP) is 6.65. The molecule has 37 heavy (non-hydrogen) atoms. The average Bonchev–Trinajstić information content (AvgIpc) is 3.43. The summed E-state index contributed by atoms with van der Waals surface area (Å²) < 4.78 is 40.7. The van der Waals surface area contributed by atoms with Crippen molar-refractivity contribution in [1.82, 2.24) is 14.8 Å².